The molecular weight excluding hydrogens is 345 g/mol. The number of amides is 1. The second kappa shape index (κ2) is 7.23. The summed E-state index contributed by atoms with van der Waals surface area (Å²) in [6.45, 7) is 0.333. The van der Waals surface area contributed by atoms with Crippen molar-refractivity contribution in [2.24, 2.45) is 13.0 Å². The molecular formula is C21H20FN3O2. The highest BCUT2D eigenvalue weighted by Gasteiger charge is 2.29. The highest BCUT2D eigenvalue weighted by molar-refractivity contribution is 5.80. The number of nitrogens with one attached hydrogen (secondary N) is 1. The molecule has 1 aliphatic heterocycles. The zero-order valence-corrected chi connectivity index (χ0v) is 14.9. The Morgan fingerprint density at radius 3 is 2.78 bits per heavy atom. The molecule has 2 unspecified atom stereocenters. The lowest BCUT2D eigenvalue weighted by atomic mass is 9.95. The molecule has 138 valence electrons. The molecule has 0 radical (unpaired) electrons. The lowest BCUT2D eigenvalue weighted by Gasteiger charge is -2.27. The molecule has 3 aromatic rings. The molecule has 1 amide bonds. The summed E-state index contributed by atoms with van der Waals surface area (Å²) in [5, 5.41) is 3.07. The monoisotopic (exact) mass is 365 g/mol. The largest absolute Gasteiger partial charge is 0.492 e. The molecule has 4 rings (SSSR count). The Labute approximate surface area is 156 Å². The van der Waals surface area contributed by atoms with Crippen LogP contribution in [0.2, 0.25) is 0 Å². The fourth-order valence-electron chi connectivity index (χ4n) is 3.36. The van der Waals surface area contributed by atoms with Crippen LogP contribution in [-0.2, 0) is 18.3 Å². The van der Waals surface area contributed by atoms with E-state index in [2.05, 4.69) is 10.3 Å². The third-order valence-electron chi connectivity index (χ3n) is 4.86. The number of rotatable bonds is 4. The molecule has 0 spiro atoms. The van der Waals surface area contributed by atoms with E-state index in [0.717, 1.165) is 16.9 Å². The molecule has 0 saturated heterocycles. The molecule has 0 saturated carbocycles. The van der Waals surface area contributed by atoms with E-state index in [1.807, 2.05) is 42.1 Å². The number of benzene rings is 2. The SMILES string of the molecule is Cn1ccnc1C(NC(=O)C1COc2ccccc2C1)c1ccc(F)cc1. The Morgan fingerprint density at radius 2 is 2.04 bits per heavy atom. The van der Waals surface area contributed by atoms with Crippen molar-refractivity contribution in [3.05, 3.63) is 83.7 Å². The first-order valence-electron chi connectivity index (χ1n) is 8.85. The number of aryl methyl sites for hydroxylation is 1. The number of imidazole rings is 1. The van der Waals surface area contributed by atoms with E-state index >= 15 is 0 Å². The number of aromatic nitrogens is 2. The first kappa shape index (κ1) is 17.3. The molecule has 0 bridgehead atoms. The minimum Gasteiger partial charge on any atom is -0.492 e. The standard InChI is InChI=1S/C21H20FN3O2/c1-25-11-10-23-20(25)19(14-6-8-17(22)9-7-14)24-21(26)16-12-15-4-2-3-5-18(15)27-13-16/h2-11,16,19H,12-13H2,1H3,(H,24,26). The zero-order chi connectivity index (χ0) is 18.8. The number of fused-ring (bicyclic) bond motifs is 1. The number of hydrogen-bond donors (Lipinski definition) is 1. The number of para-hydroxylation sites is 1. The van der Waals surface area contributed by atoms with Gasteiger partial charge in [-0.25, -0.2) is 9.37 Å². The van der Waals surface area contributed by atoms with Crippen molar-refractivity contribution in [3.63, 3.8) is 0 Å². The summed E-state index contributed by atoms with van der Waals surface area (Å²) in [6.07, 6.45) is 4.12. The number of halogens is 1. The lowest BCUT2D eigenvalue weighted by Crippen LogP contribution is -2.40. The van der Waals surface area contributed by atoms with Gasteiger partial charge in [0.05, 0.1) is 5.92 Å². The van der Waals surface area contributed by atoms with Gasteiger partial charge in [0.2, 0.25) is 5.91 Å². The van der Waals surface area contributed by atoms with Crippen LogP contribution < -0.4 is 10.1 Å². The second-order valence-corrected chi connectivity index (χ2v) is 6.71. The maximum absolute atomic E-state index is 13.3. The Bertz CT molecular complexity index is 952. The topological polar surface area (TPSA) is 56.2 Å². The zero-order valence-electron chi connectivity index (χ0n) is 14.9. The number of ether oxygens (including phenoxy) is 1. The summed E-state index contributed by atoms with van der Waals surface area (Å²) >= 11 is 0. The highest BCUT2D eigenvalue weighted by Crippen LogP contribution is 2.28. The van der Waals surface area contributed by atoms with Crippen LogP contribution in [-0.4, -0.2) is 22.1 Å². The van der Waals surface area contributed by atoms with Gasteiger partial charge in [-0.15, -0.1) is 0 Å². The second-order valence-electron chi connectivity index (χ2n) is 6.71. The van der Waals surface area contributed by atoms with E-state index in [1.54, 1.807) is 18.3 Å². The summed E-state index contributed by atoms with van der Waals surface area (Å²) in [6, 6.07) is 13.4. The van der Waals surface area contributed by atoms with Crippen LogP contribution in [0.4, 0.5) is 4.39 Å². The molecule has 27 heavy (non-hydrogen) atoms. The quantitative estimate of drug-likeness (QED) is 0.773. The molecule has 5 nitrogen and oxygen atoms in total. The predicted octanol–water partition coefficient (Wildman–Crippen LogP) is 3.02. The molecule has 6 heteroatoms. The van der Waals surface area contributed by atoms with Gasteiger partial charge in [-0.05, 0) is 35.7 Å². The average molecular weight is 365 g/mol. The van der Waals surface area contributed by atoms with E-state index in [0.29, 0.717) is 18.9 Å². The summed E-state index contributed by atoms with van der Waals surface area (Å²) in [4.78, 5) is 17.3. The van der Waals surface area contributed by atoms with Gasteiger partial charge in [-0.1, -0.05) is 30.3 Å². The Balaban J connectivity index is 1.58. The van der Waals surface area contributed by atoms with Crippen molar-refractivity contribution in [1.82, 2.24) is 14.9 Å². The minimum absolute atomic E-state index is 0.109. The number of carbonyl (C=O) groups excluding carboxylic acids is 1. The molecule has 2 heterocycles. The van der Waals surface area contributed by atoms with E-state index in [-0.39, 0.29) is 17.6 Å². The van der Waals surface area contributed by atoms with Crippen LogP contribution >= 0.6 is 0 Å². The van der Waals surface area contributed by atoms with Crippen molar-refractivity contribution in [3.8, 4) is 5.75 Å². The molecule has 1 aromatic heterocycles. The lowest BCUT2D eigenvalue weighted by molar-refractivity contribution is -0.126. The fraction of sp³-hybridized carbons (Fsp3) is 0.238. The number of hydrogen-bond acceptors (Lipinski definition) is 3. The first-order valence-corrected chi connectivity index (χ1v) is 8.85. The van der Waals surface area contributed by atoms with Gasteiger partial charge in [0.25, 0.3) is 0 Å². The molecule has 0 aliphatic carbocycles. The van der Waals surface area contributed by atoms with E-state index in [9.17, 15) is 9.18 Å². The maximum atomic E-state index is 13.3. The summed E-state index contributed by atoms with van der Waals surface area (Å²) in [5.74, 6) is 0.804. The molecule has 0 fully saturated rings. The number of nitrogens with zero attached hydrogens (tertiary/aromatic N) is 2. The Kier molecular flexibility index (Phi) is 4.62. The maximum Gasteiger partial charge on any atom is 0.227 e. The fourth-order valence-corrected chi connectivity index (χ4v) is 3.36. The minimum atomic E-state index is -0.463. The van der Waals surface area contributed by atoms with Crippen LogP contribution in [0.25, 0.3) is 0 Å². The van der Waals surface area contributed by atoms with E-state index < -0.39 is 6.04 Å². The van der Waals surface area contributed by atoms with Gasteiger partial charge in [0.15, 0.2) is 0 Å². The van der Waals surface area contributed by atoms with Crippen molar-refractivity contribution >= 4 is 5.91 Å². The van der Waals surface area contributed by atoms with Crippen LogP contribution in [0, 0.1) is 11.7 Å². The Hall–Kier alpha value is -3.15. The van der Waals surface area contributed by atoms with Crippen molar-refractivity contribution in [2.45, 2.75) is 12.5 Å². The van der Waals surface area contributed by atoms with Crippen molar-refractivity contribution in [1.29, 1.82) is 0 Å². The van der Waals surface area contributed by atoms with Gasteiger partial charge >= 0.3 is 0 Å². The predicted molar refractivity (Wildman–Crippen MR) is 98.7 cm³/mol. The van der Waals surface area contributed by atoms with Gasteiger partial charge in [-0.3, -0.25) is 4.79 Å². The number of carbonyl (C=O) groups is 1. The third-order valence-corrected chi connectivity index (χ3v) is 4.86. The van der Waals surface area contributed by atoms with Crippen LogP contribution in [0.1, 0.15) is 23.0 Å². The molecule has 2 atom stereocenters. The summed E-state index contributed by atoms with van der Waals surface area (Å²) < 4.78 is 20.9. The van der Waals surface area contributed by atoms with Gasteiger partial charge < -0.3 is 14.6 Å². The van der Waals surface area contributed by atoms with Gasteiger partial charge in [0.1, 0.15) is 30.0 Å². The average Bonchev–Trinajstić information content (AvgIpc) is 3.12. The summed E-state index contributed by atoms with van der Waals surface area (Å²) in [7, 11) is 1.87. The normalized spacial score (nSPS) is 16.9. The van der Waals surface area contributed by atoms with Crippen molar-refractivity contribution < 1.29 is 13.9 Å². The van der Waals surface area contributed by atoms with E-state index in [4.69, 9.17) is 4.74 Å². The molecule has 1 aliphatic rings. The smallest absolute Gasteiger partial charge is 0.227 e. The van der Waals surface area contributed by atoms with Crippen LogP contribution in [0.5, 0.6) is 5.75 Å². The van der Waals surface area contributed by atoms with Gasteiger partial charge in [-0.2, -0.15) is 0 Å². The Morgan fingerprint density at radius 1 is 1.26 bits per heavy atom. The van der Waals surface area contributed by atoms with Crippen molar-refractivity contribution in [2.75, 3.05) is 6.61 Å². The third kappa shape index (κ3) is 3.56. The van der Waals surface area contributed by atoms with Gasteiger partial charge in [0, 0.05) is 19.4 Å². The first-order chi connectivity index (χ1) is 13.1. The van der Waals surface area contributed by atoms with Crippen LogP contribution in [0.15, 0.2) is 60.9 Å². The highest BCUT2D eigenvalue weighted by atomic mass is 19.1. The molecule has 1 N–H and O–H groups in total. The van der Waals surface area contributed by atoms with E-state index in [1.165, 1.54) is 12.1 Å². The summed E-state index contributed by atoms with van der Waals surface area (Å²) in [5.41, 5.74) is 1.80. The van der Waals surface area contributed by atoms with Crippen LogP contribution in [0.3, 0.4) is 0 Å². The molecule has 2 aromatic carbocycles.